The van der Waals surface area contributed by atoms with Crippen LogP contribution in [0.3, 0.4) is 0 Å². The molecule has 1 aromatic carbocycles. The van der Waals surface area contributed by atoms with Crippen LogP contribution < -0.4 is 10.1 Å². The first-order valence-electron chi connectivity index (χ1n) is 6.31. The first-order valence-corrected chi connectivity index (χ1v) is 6.31. The zero-order chi connectivity index (χ0) is 13.9. The Morgan fingerprint density at radius 2 is 2.16 bits per heavy atom. The molecule has 104 valence electrons. The molecule has 0 amide bonds. The van der Waals surface area contributed by atoms with Crippen LogP contribution in [0.2, 0.25) is 0 Å². The highest BCUT2D eigenvalue weighted by molar-refractivity contribution is 5.48. The van der Waals surface area contributed by atoms with E-state index >= 15 is 0 Å². The maximum atomic E-state index is 11.0. The third-order valence-electron chi connectivity index (χ3n) is 3.34. The summed E-state index contributed by atoms with van der Waals surface area (Å²) < 4.78 is 5.48. The second kappa shape index (κ2) is 5.54. The zero-order valence-corrected chi connectivity index (χ0v) is 10.9. The van der Waals surface area contributed by atoms with Gasteiger partial charge in [0.2, 0.25) is 0 Å². The Balaban J connectivity index is 2.08. The number of nitro groups is 1. The lowest BCUT2D eigenvalue weighted by molar-refractivity contribution is -0.386. The van der Waals surface area contributed by atoms with E-state index in [1.807, 2.05) is 0 Å². The van der Waals surface area contributed by atoms with Crippen LogP contribution >= 0.6 is 0 Å². The lowest BCUT2D eigenvalue weighted by Gasteiger charge is -2.32. The van der Waals surface area contributed by atoms with Gasteiger partial charge in [-0.3, -0.25) is 10.1 Å². The van der Waals surface area contributed by atoms with Gasteiger partial charge in [0.25, 0.3) is 0 Å². The number of piperidine rings is 1. The summed E-state index contributed by atoms with van der Waals surface area (Å²) in [4.78, 5) is 10.5. The van der Waals surface area contributed by atoms with Gasteiger partial charge < -0.3 is 15.2 Å². The number of benzene rings is 1. The predicted molar refractivity (Wildman–Crippen MR) is 70.4 cm³/mol. The highest BCUT2D eigenvalue weighted by atomic mass is 16.6. The molecule has 1 heterocycles. The van der Waals surface area contributed by atoms with Gasteiger partial charge in [0.1, 0.15) is 12.2 Å². The van der Waals surface area contributed by atoms with Gasteiger partial charge in [-0.25, -0.2) is 0 Å². The van der Waals surface area contributed by atoms with Gasteiger partial charge in [-0.15, -0.1) is 0 Å². The summed E-state index contributed by atoms with van der Waals surface area (Å²) in [5.41, 5.74) is -0.151. The SMILES string of the molecule is Cc1ccc(OCC2(O)CCNCC2)c([N+](=O)[O-])c1. The number of nitrogens with one attached hydrogen (secondary N) is 1. The van der Waals surface area contributed by atoms with Crippen molar-refractivity contribution in [3.05, 3.63) is 33.9 Å². The molecule has 0 unspecified atom stereocenters. The van der Waals surface area contributed by atoms with Crippen molar-refractivity contribution in [3.63, 3.8) is 0 Å². The van der Waals surface area contributed by atoms with Crippen LogP contribution in [0.4, 0.5) is 5.69 Å². The molecule has 0 radical (unpaired) electrons. The summed E-state index contributed by atoms with van der Waals surface area (Å²) in [6.07, 6.45) is 1.18. The standard InChI is InChI=1S/C13H18N2O4/c1-10-2-3-12(11(8-10)15(17)18)19-9-13(16)4-6-14-7-5-13/h2-3,8,14,16H,4-7,9H2,1H3. The molecule has 0 bridgehead atoms. The highest BCUT2D eigenvalue weighted by Gasteiger charge is 2.30. The number of hydrogen-bond acceptors (Lipinski definition) is 5. The smallest absolute Gasteiger partial charge is 0.311 e. The molecule has 0 atom stereocenters. The van der Waals surface area contributed by atoms with E-state index in [1.54, 1.807) is 19.1 Å². The average Bonchev–Trinajstić information content (AvgIpc) is 2.38. The first-order chi connectivity index (χ1) is 9.00. The molecule has 1 aliphatic rings. The maximum absolute atomic E-state index is 11.0. The van der Waals surface area contributed by atoms with Crippen LogP contribution in [0.1, 0.15) is 18.4 Å². The van der Waals surface area contributed by atoms with Gasteiger partial charge in [0, 0.05) is 6.07 Å². The van der Waals surface area contributed by atoms with E-state index in [2.05, 4.69) is 5.32 Å². The molecule has 1 fully saturated rings. The maximum Gasteiger partial charge on any atom is 0.311 e. The number of nitrogens with zero attached hydrogens (tertiary/aromatic N) is 1. The van der Waals surface area contributed by atoms with E-state index in [0.717, 1.165) is 18.7 Å². The van der Waals surface area contributed by atoms with Crippen molar-refractivity contribution >= 4 is 5.69 Å². The fourth-order valence-corrected chi connectivity index (χ4v) is 2.14. The molecule has 0 aliphatic carbocycles. The van der Waals surface area contributed by atoms with E-state index in [0.29, 0.717) is 12.8 Å². The van der Waals surface area contributed by atoms with E-state index < -0.39 is 10.5 Å². The zero-order valence-electron chi connectivity index (χ0n) is 10.9. The van der Waals surface area contributed by atoms with Crippen molar-refractivity contribution in [1.29, 1.82) is 0 Å². The van der Waals surface area contributed by atoms with E-state index in [4.69, 9.17) is 4.74 Å². The second-order valence-corrected chi connectivity index (χ2v) is 4.99. The minimum Gasteiger partial charge on any atom is -0.484 e. The van der Waals surface area contributed by atoms with Crippen molar-refractivity contribution < 1.29 is 14.8 Å². The van der Waals surface area contributed by atoms with Crippen molar-refractivity contribution in [1.82, 2.24) is 5.32 Å². The minimum atomic E-state index is -0.899. The number of rotatable bonds is 4. The fourth-order valence-electron chi connectivity index (χ4n) is 2.14. The van der Waals surface area contributed by atoms with E-state index in [-0.39, 0.29) is 18.0 Å². The summed E-state index contributed by atoms with van der Waals surface area (Å²) in [7, 11) is 0. The van der Waals surface area contributed by atoms with Gasteiger partial charge in [-0.1, -0.05) is 6.07 Å². The monoisotopic (exact) mass is 266 g/mol. The Bertz CT molecular complexity index is 470. The Hall–Kier alpha value is -1.66. The van der Waals surface area contributed by atoms with Crippen LogP contribution in [-0.2, 0) is 0 Å². The number of aryl methyl sites for hydroxylation is 1. The summed E-state index contributed by atoms with van der Waals surface area (Å²) in [5, 5.41) is 24.4. The number of nitro benzene ring substituents is 1. The molecule has 1 saturated heterocycles. The molecule has 6 nitrogen and oxygen atoms in total. The predicted octanol–water partition coefficient (Wildman–Crippen LogP) is 1.40. The van der Waals surface area contributed by atoms with Gasteiger partial charge in [0.05, 0.1) is 4.92 Å². The van der Waals surface area contributed by atoms with Gasteiger partial charge in [-0.2, -0.15) is 0 Å². The number of ether oxygens (including phenoxy) is 1. The summed E-state index contributed by atoms with van der Waals surface area (Å²) in [6, 6.07) is 4.81. The molecule has 0 aromatic heterocycles. The van der Waals surface area contributed by atoms with E-state index in [1.165, 1.54) is 6.07 Å². The third kappa shape index (κ3) is 3.42. The molecular weight excluding hydrogens is 248 g/mol. The molecule has 2 rings (SSSR count). The topological polar surface area (TPSA) is 84.6 Å². The van der Waals surface area contributed by atoms with Crippen molar-refractivity contribution in [3.8, 4) is 5.75 Å². The summed E-state index contributed by atoms with van der Waals surface area (Å²) in [6.45, 7) is 3.33. The van der Waals surface area contributed by atoms with Gasteiger partial charge >= 0.3 is 5.69 Å². The first kappa shape index (κ1) is 13.8. The average molecular weight is 266 g/mol. The van der Waals surface area contributed by atoms with Gasteiger partial charge in [0.15, 0.2) is 5.75 Å². The number of aliphatic hydroxyl groups is 1. The second-order valence-electron chi connectivity index (χ2n) is 4.99. The molecule has 19 heavy (non-hydrogen) atoms. The fraction of sp³-hybridized carbons (Fsp3) is 0.538. The van der Waals surface area contributed by atoms with Crippen molar-refractivity contribution in [2.24, 2.45) is 0 Å². The van der Waals surface area contributed by atoms with E-state index in [9.17, 15) is 15.2 Å². The molecule has 1 aromatic rings. The van der Waals surface area contributed by atoms with Crippen molar-refractivity contribution in [2.45, 2.75) is 25.4 Å². The lowest BCUT2D eigenvalue weighted by atomic mass is 9.93. The largest absolute Gasteiger partial charge is 0.484 e. The molecule has 2 N–H and O–H groups in total. The summed E-state index contributed by atoms with van der Waals surface area (Å²) in [5.74, 6) is 0.211. The highest BCUT2D eigenvalue weighted by Crippen LogP contribution is 2.29. The summed E-state index contributed by atoms with van der Waals surface area (Å²) >= 11 is 0. The Morgan fingerprint density at radius 3 is 2.79 bits per heavy atom. The normalized spacial score (nSPS) is 18.0. The Morgan fingerprint density at radius 1 is 1.47 bits per heavy atom. The molecule has 6 heteroatoms. The molecular formula is C13H18N2O4. The quantitative estimate of drug-likeness (QED) is 0.635. The molecule has 0 spiro atoms. The lowest BCUT2D eigenvalue weighted by Crippen LogP contribution is -2.46. The molecule has 0 saturated carbocycles. The number of hydrogen-bond donors (Lipinski definition) is 2. The van der Waals surface area contributed by atoms with Crippen LogP contribution in [0.5, 0.6) is 5.75 Å². The van der Waals surface area contributed by atoms with Gasteiger partial charge in [-0.05, 0) is 44.5 Å². The Labute approximate surface area is 111 Å². The third-order valence-corrected chi connectivity index (χ3v) is 3.34. The minimum absolute atomic E-state index is 0.0578. The molecule has 1 aliphatic heterocycles. The van der Waals surface area contributed by atoms with Crippen molar-refractivity contribution in [2.75, 3.05) is 19.7 Å². The van der Waals surface area contributed by atoms with Crippen LogP contribution in [0.25, 0.3) is 0 Å². The van der Waals surface area contributed by atoms with Crippen LogP contribution in [-0.4, -0.2) is 35.3 Å². The Kier molecular flexibility index (Phi) is 4.01. The van der Waals surface area contributed by atoms with Crippen LogP contribution in [0, 0.1) is 17.0 Å². The van der Waals surface area contributed by atoms with Crippen LogP contribution in [0.15, 0.2) is 18.2 Å².